The van der Waals surface area contributed by atoms with Crippen LogP contribution in [0, 0.1) is 0 Å². The zero-order valence-electron chi connectivity index (χ0n) is 10.4. The molecule has 0 aliphatic carbocycles. The summed E-state index contributed by atoms with van der Waals surface area (Å²) in [7, 11) is 1.77. The maximum Gasteiger partial charge on any atom is 0.244 e. The Morgan fingerprint density at radius 3 is 2.76 bits per heavy atom. The molecule has 0 aromatic carbocycles. The number of hydrazine groups is 1. The number of carbonyl (C=O) groups is 1. The molecular weight excluding hydrogens is 218 g/mol. The van der Waals surface area contributed by atoms with Crippen LogP contribution in [0.2, 0.25) is 0 Å². The van der Waals surface area contributed by atoms with Gasteiger partial charge in [0.2, 0.25) is 5.91 Å². The molecule has 4 N–H and O–H groups in total. The third-order valence-electron chi connectivity index (χ3n) is 2.48. The molecule has 1 aromatic heterocycles. The highest BCUT2D eigenvalue weighted by Gasteiger charge is 2.16. The number of hydrogen-bond donors (Lipinski definition) is 3. The van der Waals surface area contributed by atoms with Crippen LogP contribution in [0.15, 0.2) is 18.2 Å². The Hall–Kier alpha value is -1.82. The highest BCUT2D eigenvalue weighted by molar-refractivity contribution is 5.83. The first kappa shape index (κ1) is 13.2. The summed E-state index contributed by atoms with van der Waals surface area (Å²) < 4.78 is 0. The summed E-state index contributed by atoms with van der Waals surface area (Å²) in [4.78, 5) is 17.7. The molecule has 0 fully saturated rings. The van der Waals surface area contributed by atoms with Crippen molar-refractivity contribution in [1.82, 2.24) is 9.88 Å². The number of nitrogen functional groups attached to an aromatic ring is 1. The lowest BCUT2D eigenvalue weighted by atomic mass is 10.3. The maximum atomic E-state index is 11.8. The number of nitrogens with zero attached hydrogens (tertiary/aromatic N) is 2. The monoisotopic (exact) mass is 237 g/mol. The Balaban J connectivity index is 2.67. The lowest BCUT2D eigenvalue weighted by Crippen LogP contribution is -2.39. The van der Waals surface area contributed by atoms with Crippen LogP contribution in [0.5, 0.6) is 0 Å². The smallest absolute Gasteiger partial charge is 0.244 e. The fourth-order valence-electron chi connectivity index (χ4n) is 1.37. The van der Waals surface area contributed by atoms with E-state index in [-0.39, 0.29) is 11.9 Å². The molecule has 1 unspecified atom stereocenters. The summed E-state index contributed by atoms with van der Waals surface area (Å²) >= 11 is 0. The molecule has 0 spiro atoms. The number of nitrogens with one attached hydrogen (secondary N) is 2. The molecule has 1 aromatic rings. The quantitative estimate of drug-likeness (QED) is 0.517. The van der Waals surface area contributed by atoms with E-state index in [0.717, 1.165) is 0 Å². The largest absolute Gasteiger partial charge is 0.359 e. The number of hydrogen-bond acceptors (Lipinski definition) is 5. The fourth-order valence-corrected chi connectivity index (χ4v) is 1.37. The zero-order valence-corrected chi connectivity index (χ0v) is 10.4. The molecule has 1 amide bonds. The average molecular weight is 237 g/mol. The van der Waals surface area contributed by atoms with Gasteiger partial charge in [-0.15, -0.1) is 0 Å². The van der Waals surface area contributed by atoms with Gasteiger partial charge in [0.15, 0.2) is 0 Å². The second kappa shape index (κ2) is 6.05. The van der Waals surface area contributed by atoms with E-state index in [1.165, 1.54) is 0 Å². The number of pyridine rings is 1. The molecule has 0 saturated carbocycles. The average Bonchev–Trinajstić information content (AvgIpc) is 2.37. The summed E-state index contributed by atoms with van der Waals surface area (Å²) in [5.41, 5.74) is 2.46. The molecule has 0 saturated heterocycles. The first-order chi connectivity index (χ1) is 8.08. The highest BCUT2D eigenvalue weighted by atomic mass is 16.2. The second-order valence-corrected chi connectivity index (χ2v) is 3.77. The van der Waals surface area contributed by atoms with Crippen molar-refractivity contribution < 1.29 is 4.79 Å². The van der Waals surface area contributed by atoms with Gasteiger partial charge in [-0.3, -0.25) is 4.79 Å². The molecule has 0 aliphatic heterocycles. The van der Waals surface area contributed by atoms with Gasteiger partial charge in [0.1, 0.15) is 17.7 Å². The van der Waals surface area contributed by atoms with Crippen LogP contribution in [0.3, 0.4) is 0 Å². The summed E-state index contributed by atoms with van der Waals surface area (Å²) in [5.74, 6) is 6.46. The standard InChI is InChI=1S/C11H19N5O/c1-4-16(3)11(17)8(2)13-9-6-5-7-10(14-9)15-12/h5-8H,4,12H2,1-3H3,(H2,13,14,15). The van der Waals surface area contributed by atoms with Gasteiger partial charge in [0, 0.05) is 13.6 Å². The van der Waals surface area contributed by atoms with E-state index in [4.69, 9.17) is 5.84 Å². The Bertz CT molecular complexity index is 382. The van der Waals surface area contributed by atoms with Crippen LogP contribution in [0.25, 0.3) is 0 Å². The minimum Gasteiger partial charge on any atom is -0.359 e. The molecule has 6 nitrogen and oxygen atoms in total. The predicted octanol–water partition coefficient (Wildman–Crippen LogP) is 0.646. The van der Waals surface area contributed by atoms with E-state index < -0.39 is 0 Å². The van der Waals surface area contributed by atoms with E-state index >= 15 is 0 Å². The van der Waals surface area contributed by atoms with Gasteiger partial charge >= 0.3 is 0 Å². The molecular formula is C11H19N5O. The molecule has 1 heterocycles. The van der Waals surface area contributed by atoms with Gasteiger partial charge in [-0.2, -0.15) is 0 Å². The van der Waals surface area contributed by atoms with Gasteiger partial charge in [0.05, 0.1) is 0 Å². The zero-order chi connectivity index (χ0) is 12.8. The van der Waals surface area contributed by atoms with Crippen LogP contribution in [0.4, 0.5) is 11.6 Å². The normalized spacial score (nSPS) is 11.8. The van der Waals surface area contributed by atoms with Crippen molar-refractivity contribution in [2.75, 3.05) is 24.3 Å². The summed E-state index contributed by atoms with van der Waals surface area (Å²) in [6.45, 7) is 4.42. The van der Waals surface area contributed by atoms with E-state index in [1.807, 2.05) is 13.0 Å². The van der Waals surface area contributed by atoms with E-state index in [2.05, 4.69) is 15.7 Å². The van der Waals surface area contributed by atoms with Crippen molar-refractivity contribution in [2.45, 2.75) is 19.9 Å². The number of carbonyl (C=O) groups excluding carboxylic acids is 1. The molecule has 94 valence electrons. The van der Waals surface area contributed by atoms with Crippen molar-refractivity contribution in [1.29, 1.82) is 0 Å². The molecule has 1 atom stereocenters. The van der Waals surface area contributed by atoms with Crippen LogP contribution in [-0.2, 0) is 4.79 Å². The van der Waals surface area contributed by atoms with E-state index in [1.54, 1.807) is 31.0 Å². The summed E-state index contributed by atoms with van der Waals surface area (Å²) in [6.07, 6.45) is 0. The fraction of sp³-hybridized carbons (Fsp3) is 0.455. The summed E-state index contributed by atoms with van der Waals surface area (Å²) in [6, 6.07) is 5.03. The first-order valence-electron chi connectivity index (χ1n) is 5.53. The second-order valence-electron chi connectivity index (χ2n) is 3.77. The Labute approximate surface area is 101 Å². The number of likely N-dealkylation sites (N-methyl/N-ethyl adjacent to an activating group) is 1. The van der Waals surface area contributed by atoms with Crippen molar-refractivity contribution in [2.24, 2.45) is 5.84 Å². The van der Waals surface area contributed by atoms with Crippen molar-refractivity contribution in [3.8, 4) is 0 Å². The van der Waals surface area contributed by atoms with Crippen molar-refractivity contribution in [3.63, 3.8) is 0 Å². The minimum absolute atomic E-state index is 0.0282. The number of anilines is 2. The van der Waals surface area contributed by atoms with Gasteiger partial charge in [0.25, 0.3) is 0 Å². The van der Waals surface area contributed by atoms with Gasteiger partial charge in [-0.25, -0.2) is 10.8 Å². The van der Waals surface area contributed by atoms with Crippen molar-refractivity contribution in [3.05, 3.63) is 18.2 Å². The SMILES string of the molecule is CCN(C)C(=O)C(C)Nc1cccc(NN)n1. The number of nitrogens with two attached hydrogens (primary N) is 1. The Kier molecular flexibility index (Phi) is 4.71. The highest BCUT2D eigenvalue weighted by Crippen LogP contribution is 2.09. The van der Waals surface area contributed by atoms with Crippen LogP contribution in [-0.4, -0.2) is 35.4 Å². The lowest BCUT2D eigenvalue weighted by molar-refractivity contribution is -0.130. The number of aromatic nitrogens is 1. The van der Waals surface area contributed by atoms with Gasteiger partial charge in [-0.1, -0.05) is 6.07 Å². The summed E-state index contributed by atoms with van der Waals surface area (Å²) in [5, 5.41) is 3.03. The van der Waals surface area contributed by atoms with Crippen LogP contribution >= 0.6 is 0 Å². The molecule has 0 radical (unpaired) electrons. The topological polar surface area (TPSA) is 83.3 Å². The van der Waals surface area contributed by atoms with E-state index in [0.29, 0.717) is 18.2 Å². The molecule has 0 aliphatic rings. The lowest BCUT2D eigenvalue weighted by Gasteiger charge is -2.21. The van der Waals surface area contributed by atoms with Gasteiger partial charge in [-0.05, 0) is 26.0 Å². The Morgan fingerprint density at radius 1 is 1.53 bits per heavy atom. The maximum absolute atomic E-state index is 11.8. The molecule has 6 heteroatoms. The first-order valence-corrected chi connectivity index (χ1v) is 5.53. The third kappa shape index (κ3) is 3.60. The van der Waals surface area contributed by atoms with Crippen molar-refractivity contribution >= 4 is 17.5 Å². The van der Waals surface area contributed by atoms with Gasteiger partial charge < -0.3 is 15.6 Å². The molecule has 17 heavy (non-hydrogen) atoms. The number of rotatable bonds is 5. The van der Waals surface area contributed by atoms with E-state index in [9.17, 15) is 4.79 Å². The predicted molar refractivity (Wildman–Crippen MR) is 68.4 cm³/mol. The molecule has 0 bridgehead atoms. The molecule has 1 rings (SSSR count). The number of amides is 1. The Morgan fingerprint density at radius 2 is 2.18 bits per heavy atom. The van der Waals surface area contributed by atoms with Crippen LogP contribution in [0.1, 0.15) is 13.8 Å². The van der Waals surface area contributed by atoms with Crippen LogP contribution < -0.4 is 16.6 Å². The minimum atomic E-state index is -0.319. The third-order valence-corrected chi connectivity index (χ3v) is 2.48.